The van der Waals surface area contributed by atoms with Crippen LogP contribution in [0.1, 0.15) is 20.8 Å². The van der Waals surface area contributed by atoms with E-state index in [1.807, 2.05) is 18.2 Å². The van der Waals surface area contributed by atoms with Gasteiger partial charge < -0.3 is 19.5 Å². The van der Waals surface area contributed by atoms with Crippen molar-refractivity contribution >= 4 is 0 Å². The van der Waals surface area contributed by atoms with Crippen molar-refractivity contribution < 1.29 is 14.2 Å². The van der Waals surface area contributed by atoms with E-state index >= 15 is 0 Å². The molecule has 0 saturated carbocycles. The van der Waals surface area contributed by atoms with Crippen molar-refractivity contribution in [3.05, 3.63) is 18.2 Å². The molecule has 0 saturated heterocycles. The van der Waals surface area contributed by atoms with Gasteiger partial charge in [-0.05, 0) is 20.8 Å². The van der Waals surface area contributed by atoms with Gasteiger partial charge in [0.25, 0.3) is 0 Å². The molecule has 4 nitrogen and oxygen atoms in total. The molecule has 0 radical (unpaired) electrons. The van der Waals surface area contributed by atoms with Gasteiger partial charge in [-0.1, -0.05) is 0 Å². The van der Waals surface area contributed by atoms with Crippen LogP contribution in [0.15, 0.2) is 18.2 Å². The number of ether oxygens (including phenoxy) is 3. The first kappa shape index (κ1) is 14.6. The van der Waals surface area contributed by atoms with Crippen LogP contribution in [0.2, 0.25) is 0 Å². The number of methoxy groups -OCH3 is 2. The minimum Gasteiger partial charge on any atom is -0.496 e. The van der Waals surface area contributed by atoms with Crippen LogP contribution in [0, 0.1) is 0 Å². The summed E-state index contributed by atoms with van der Waals surface area (Å²) in [5.41, 5.74) is 0.107. The van der Waals surface area contributed by atoms with Gasteiger partial charge in [0.2, 0.25) is 0 Å². The summed E-state index contributed by atoms with van der Waals surface area (Å²) in [6.07, 6.45) is 0. The highest BCUT2D eigenvalue weighted by molar-refractivity contribution is 5.41. The molecule has 0 aliphatic heterocycles. The molecule has 0 spiro atoms. The molecule has 0 fully saturated rings. The summed E-state index contributed by atoms with van der Waals surface area (Å²) >= 11 is 0. The second-order valence-corrected chi connectivity index (χ2v) is 5.07. The topological polar surface area (TPSA) is 39.7 Å². The molecule has 1 rings (SSSR count). The fraction of sp³-hybridized carbons (Fsp3) is 0.571. The normalized spacial score (nSPS) is 11.2. The first-order valence-electron chi connectivity index (χ1n) is 6.05. The van der Waals surface area contributed by atoms with Crippen molar-refractivity contribution in [2.75, 3.05) is 27.4 Å². The zero-order valence-corrected chi connectivity index (χ0v) is 11.9. The smallest absolute Gasteiger partial charge is 0.126 e. The van der Waals surface area contributed by atoms with E-state index in [1.165, 1.54) is 0 Å². The third kappa shape index (κ3) is 5.27. The maximum absolute atomic E-state index is 5.66. The minimum atomic E-state index is 0.107. The number of benzene rings is 1. The van der Waals surface area contributed by atoms with Crippen LogP contribution < -0.4 is 19.5 Å². The van der Waals surface area contributed by atoms with E-state index in [-0.39, 0.29) is 5.54 Å². The van der Waals surface area contributed by atoms with Crippen molar-refractivity contribution in [2.24, 2.45) is 0 Å². The Morgan fingerprint density at radius 1 is 0.944 bits per heavy atom. The maximum atomic E-state index is 5.66. The van der Waals surface area contributed by atoms with Gasteiger partial charge in [-0.25, -0.2) is 0 Å². The standard InChI is InChI=1S/C14H23NO3/c1-14(2,3)15-6-7-18-13-9-11(16-4)8-12(10-13)17-5/h8-10,15H,6-7H2,1-5H3. The lowest BCUT2D eigenvalue weighted by Gasteiger charge is -2.20. The van der Waals surface area contributed by atoms with Crippen LogP contribution >= 0.6 is 0 Å². The highest BCUT2D eigenvalue weighted by Crippen LogP contribution is 2.27. The van der Waals surface area contributed by atoms with Crippen LogP contribution in [-0.4, -0.2) is 32.9 Å². The molecule has 4 heteroatoms. The van der Waals surface area contributed by atoms with Crippen molar-refractivity contribution in [1.82, 2.24) is 5.32 Å². The molecule has 0 aliphatic carbocycles. The van der Waals surface area contributed by atoms with Crippen molar-refractivity contribution in [3.63, 3.8) is 0 Å². The maximum Gasteiger partial charge on any atom is 0.126 e. The third-order valence-corrected chi connectivity index (χ3v) is 2.35. The van der Waals surface area contributed by atoms with E-state index in [0.29, 0.717) is 6.61 Å². The molecule has 102 valence electrons. The summed E-state index contributed by atoms with van der Waals surface area (Å²) in [5.74, 6) is 2.21. The molecule has 18 heavy (non-hydrogen) atoms. The van der Waals surface area contributed by atoms with Crippen LogP contribution in [0.3, 0.4) is 0 Å². The Morgan fingerprint density at radius 2 is 1.44 bits per heavy atom. The van der Waals surface area contributed by atoms with E-state index in [1.54, 1.807) is 14.2 Å². The van der Waals surface area contributed by atoms with Gasteiger partial charge >= 0.3 is 0 Å². The quantitative estimate of drug-likeness (QED) is 0.791. The fourth-order valence-corrected chi connectivity index (χ4v) is 1.46. The zero-order valence-electron chi connectivity index (χ0n) is 11.9. The van der Waals surface area contributed by atoms with Gasteiger partial charge in [0.1, 0.15) is 23.9 Å². The first-order chi connectivity index (χ1) is 8.44. The number of hydrogen-bond donors (Lipinski definition) is 1. The Hall–Kier alpha value is -1.42. The lowest BCUT2D eigenvalue weighted by Crippen LogP contribution is -2.38. The van der Waals surface area contributed by atoms with E-state index < -0.39 is 0 Å². The predicted octanol–water partition coefficient (Wildman–Crippen LogP) is 2.47. The summed E-state index contributed by atoms with van der Waals surface area (Å²) in [4.78, 5) is 0. The number of rotatable bonds is 6. The molecular formula is C14H23NO3. The molecule has 1 N–H and O–H groups in total. The average Bonchev–Trinajstić information content (AvgIpc) is 2.33. The van der Waals surface area contributed by atoms with Gasteiger partial charge in [0, 0.05) is 30.3 Å². The SMILES string of the molecule is COc1cc(OC)cc(OCCNC(C)(C)C)c1. The number of hydrogen-bond acceptors (Lipinski definition) is 4. The molecular weight excluding hydrogens is 230 g/mol. The van der Waals surface area contributed by atoms with Crippen LogP contribution in [0.5, 0.6) is 17.2 Å². The molecule has 1 aromatic rings. The van der Waals surface area contributed by atoms with Gasteiger partial charge in [0.05, 0.1) is 14.2 Å². The highest BCUT2D eigenvalue weighted by atomic mass is 16.5. The predicted molar refractivity (Wildman–Crippen MR) is 72.8 cm³/mol. The Labute approximate surface area is 109 Å². The minimum absolute atomic E-state index is 0.107. The molecule has 0 aromatic heterocycles. The molecule has 0 amide bonds. The van der Waals surface area contributed by atoms with E-state index in [2.05, 4.69) is 26.1 Å². The van der Waals surface area contributed by atoms with Gasteiger partial charge in [-0.3, -0.25) is 0 Å². The Kier molecular flexibility index (Phi) is 5.28. The summed E-state index contributed by atoms with van der Waals surface area (Å²) in [5, 5.41) is 3.36. The number of nitrogens with one attached hydrogen (secondary N) is 1. The summed E-state index contributed by atoms with van der Waals surface area (Å²) in [6.45, 7) is 7.78. The lowest BCUT2D eigenvalue weighted by atomic mass is 10.1. The molecule has 0 heterocycles. The van der Waals surface area contributed by atoms with E-state index in [0.717, 1.165) is 23.8 Å². The molecule has 0 atom stereocenters. The fourth-order valence-electron chi connectivity index (χ4n) is 1.46. The van der Waals surface area contributed by atoms with E-state index in [4.69, 9.17) is 14.2 Å². The first-order valence-corrected chi connectivity index (χ1v) is 6.05. The van der Waals surface area contributed by atoms with Crippen molar-refractivity contribution in [1.29, 1.82) is 0 Å². The van der Waals surface area contributed by atoms with Gasteiger partial charge in [-0.2, -0.15) is 0 Å². The van der Waals surface area contributed by atoms with E-state index in [9.17, 15) is 0 Å². The largest absolute Gasteiger partial charge is 0.496 e. The molecule has 0 aliphatic rings. The average molecular weight is 253 g/mol. The summed E-state index contributed by atoms with van der Waals surface area (Å²) in [7, 11) is 3.25. The van der Waals surface area contributed by atoms with Gasteiger partial charge in [0.15, 0.2) is 0 Å². The lowest BCUT2D eigenvalue weighted by molar-refractivity contribution is 0.287. The summed E-state index contributed by atoms with van der Waals surface area (Å²) in [6, 6.07) is 5.51. The molecule has 1 aromatic carbocycles. The molecule has 0 unspecified atom stereocenters. The van der Waals surface area contributed by atoms with Gasteiger partial charge in [-0.15, -0.1) is 0 Å². The highest BCUT2D eigenvalue weighted by Gasteiger charge is 2.08. The van der Waals surface area contributed by atoms with Crippen LogP contribution in [-0.2, 0) is 0 Å². The Morgan fingerprint density at radius 3 is 1.89 bits per heavy atom. The van der Waals surface area contributed by atoms with Crippen molar-refractivity contribution in [3.8, 4) is 17.2 Å². The third-order valence-electron chi connectivity index (χ3n) is 2.35. The monoisotopic (exact) mass is 253 g/mol. The second kappa shape index (κ2) is 6.50. The van der Waals surface area contributed by atoms with Crippen LogP contribution in [0.4, 0.5) is 0 Å². The molecule has 0 bridgehead atoms. The van der Waals surface area contributed by atoms with Crippen molar-refractivity contribution in [2.45, 2.75) is 26.3 Å². The zero-order chi connectivity index (χ0) is 13.6. The second-order valence-electron chi connectivity index (χ2n) is 5.07. The Balaban J connectivity index is 2.51. The van der Waals surface area contributed by atoms with Crippen LogP contribution in [0.25, 0.3) is 0 Å². The summed E-state index contributed by atoms with van der Waals surface area (Å²) < 4.78 is 16.0. The Bertz CT molecular complexity index is 350.